The molecule has 0 aromatic heterocycles. The molecular weight excluding hydrogens is 618 g/mol. The minimum absolute atomic E-state index is 0.126. The third-order valence-electron chi connectivity index (χ3n) is 9.06. The Hall–Kier alpha value is -3.02. The lowest BCUT2D eigenvalue weighted by Gasteiger charge is -2.40. The topological polar surface area (TPSA) is 125 Å². The van der Waals surface area contributed by atoms with E-state index < -0.39 is 53.6 Å². The van der Waals surface area contributed by atoms with Crippen molar-refractivity contribution in [1.29, 1.82) is 0 Å². The van der Waals surface area contributed by atoms with Crippen LogP contribution in [0, 0.1) is 31.6 Å². The number of aliphatic hydroxyl groups is 1. The van der Waals surface area contributed by atoms with Crippen LogP contribution in [0.1, 0.15) is 44.7 Å². The van der Waals surface area contributed by atoms with Crippen molar-refractivity contribution in [2.45, 2.75) is 77.4 Å². The molecule has 7 atom stereocenters. The van der Waals surface area contributed by atoms with Crippen LogP contribution in [0.25, 0.3) is 0 Å². The number of carbonyl (C=O) groups is 4. The maximum Gasteiger partial charge on any atom is 0.313 e. The number of anilines is 1. The number of nitrogens with zero attached hydrogens (tertiary/aromatic N) is 2. The van der Waals surface area contributed by atoms with E-state index in [0.29, 0.717) is 16.6 Å². The highest BCUT2D eigenvalue weighted by molar-refractivity contribution is 9.11. The summed E-state index contributed by atoms with van der Waals surface area (Å²) in [6.45, 7) is 9.26. The standard InChI is InChI=1S/C32H40BrN3O7/c1-17(2)22(16-37)36-28-30(40)35(26-18(3)10-9-11-19(26)4)13-8-6-7-12-23(38)34-15-20(5)42-31(41)24-25(29(36)39)32(28)14-21(33)27(24)43-32/h6,8-11,14,17,20,22,24-25,27-28,37H,7,12-13,15-16H2,1-5H3,(H,34,38)/b8-6-/t20-,22-,24+,25-,27+,28+,32-/m0/s1. The summed E-state index contributed by atoms with van der Waals surface area (Å²) in [7, 11) is 0. The van der Waals surface area contributed by atoms with E-state index in [-0.39, 0.29) is 43.8 Å². The Balaban J connectivity index is 1.70. The number of aryl methyl sites for hydroxylation is 2. The molecule has 11 heteroatoms. The molecule has 0 unspecified atom stereocenters. The van der Waals surface area contributed by atoms with E-state index in [1.165, 1.54) is 4.90 Å². The number of likely N-dealkylation sites (tertiary alicyclic amines) is 1. The van der Waals surface area contributed by atoms with Gasteiger partial charge in [-0.05, 0) is 50.3 Å². The molecule has 0 radical (unpaired) electrons. The minimum Gasteiger partial charge on any atom is -0.460 e. The van der Waals surface area contributed by atoms with Crippen LogP contribution in [0.3, 0.4) is 0 Å². The van der Waals surface area contributed by atoms with Gasteiger partial charge in [0.2, 0.25) is 11.8 Å². The van der Waals surface area contributed by atoms with Crippen LogP contribution in [0.2, 0.25) is 0 Å². The van der Waals surface area contributed by atoms with Crippen molar-refractivity contribution >= 4 is 45.3 Å². The number of ether oxygens (including phenoxy) is 2. The van der Waals surface area contributed by atoms with E-state index in [1.807, 2.05) is 58.0 Å². The van der Waals surface area contributed by atoms with Crippen LogP contribution in [-0.2, 0) is 28.7 Å². The van der Waals surface area contributed by atoms with Gasteiger partial charge >= 0.3 is 5.97 Å². The molecule has 2 N–H and O–H groups in total. The lowest BCUT2D eigenvalue weighted by atomic mass is 9.74. The highest BCUT2D eigenvalue weighted by atomic mass is 79.9. The van der Waals surface area contributed by atoms with E-state index in [9.17, 15) is 19.5 Å². The quantitative estimate of drug-likeness (QED) is 0.377. The molecule has 232 valence electrons. The lowest BCUT2D eigenvalue weighted by Crippen LogP contribution is -2.59. The summed E-state index contributed by atoms with van der Waals surface area (Å²) in [6, 6.07) is 3.94. The zero-order valence-electron chi connectivity index (χ0n) is 25.2. The molecule has 2 fully saturated rings. The number of carbonyl (C=O) groups excluding carboxylic acids is 4. The second kappa shape index (κ2) is 12.2. The van der Waals surface area contributed by atoms with Crippen molar-refractivity contribution in [3.8, 4) is 0 Å². The van der Waals surface area contributed by atoms with Crippen molar-refractivity contribution in [3.05, 3.63) is 52.0 Å². The number of para-hydroxylation sites is 1. The number of cyclic esters (lactones) is 1. The first kappa shape index (κ1) is 31.4. The number of amides is 3. The van der Waals surface area contributed by atoms with Crippen molar-refractivity contribution in [2.75, 3.05) is 24.6 Å². The maximum atomic E-state index is 15.0. The molecule has 43 heavy (non-hydrogen) atoms. The molecule has 5 bridgehead atoms. The number of aliphatic hydroxyl groups excluding tert-OH is 1. The second-order valence-electron chi connectivity index (χ2n) is 12.3. The van der Waals surface area contributed by atoms with Gasteiger partial charge in [-0.1, -0.05) is 60.1 Å². The highest BCUT2D eigenvalue weighted by Gasteiger charge is 2.75. The number of hydrogen-bond acceptors (Lipinski definition) is 7. The molecule has 3 amide bonds. The second-order valence-corrected chi connectivity index (χ2v) is 13.2. The molecule has 10 nitrogen and oxygen atoms in total. The van der Waals surface area contributed by atoms with Gasteiger partial charge in [-0.2, -0.15) is 0 Å². The Bertz CT molecular complexity index is 1360. The summed E-state index contributed by atoms with van der Waals surface area (Å²) in [4.78, 5) is 58.8. The van der Waals surface area contributed by atoms with E-state index >= 15 is 4.79 Å². The van der Waals surface area contributed by atoms with E-state index in [1.54, 1.807) is 17.9 Å². The predicted molar refractivity (Wildman–Crippen MR) is 163 cm³/mol. The van der Waals surface area contributed by atoms with Gasteiger partial charge in [0.05, 0.1) is 25.1 Å². The van der Waals surface area contributed by atoms with Gasteiger partial charge in [-0.3, -0.25) is 19.2 Å². The number of esters is 1. The van der Waals surface area contributed by atoms with E-state index in [0.717, 1.165) is 11.1 Å². The first-order valence-corrected chi connectivity index (χ1v) is 15.7. The van der Waals surface area contributed by atoms with E-state index in [4.69, 9.17) is 9.47 Å². The monoisotopic (exact) mass is 657 g/mol. The summed E-state index contributed by atoms with van der Waals surface area (Å²) < 4.78 is 12.9. The van der Waals surface area contributed by atoms with Crippen molar-refractivity contribution in [2.24, 2.45) is 17.8 Å². The van der Waals surface area contributed by atoms with Crippen LogP contribution in [0.15, 0.2) is 40.9 Å². The van der Waals surface area contributed by atoms with Crippen molar-refractivity contribution < 1.29 is 33.8 Å². The Morgan fingerprint density at radius 3 is 2.47 bits per heavy atom. The minimum atomic E-state index is -1.45. The van der Waals surface area contributed by atoms with Crippen molar-refractivity contribution in [3.63, 3.8) is 0 Å². The van der Waals surface area contributed by atoms with Gasteiger partial charge in [0.15, 0.2) is 0 Å². The Labute approximate surface area is 260 Å². The molecule has 4 aliphatic heterocycles. The smallest absolute Gasteiger partial charge is 0.313 e. The molecule has 0 aliphatic carbocycles. The fourth-order valence-electron chi connectivity index (χ4n) is 7.03. The Kier molecular flexibility index (Phi) is 8.89. The van der Waals surface area contributed by atoms with E-state index in [2.05, 4.69) is 21.2 Å². The summed E-state index contributed by atoms with van der Waals surface area (Å²) in [5, 5.41) is 13.3. The zero-order chi connectivity index (χ0) is 31.2. The van der Waals surface area contributed by atoms with Gasteiger partial charge in [-0.25, -0.2) is 0 Å². The highest BCUT2D eigenvalue weighted by Crippen LogP contribution is 2.59. The van der Waals surface area contributed by atoms with Crippen LogP contribution in [0.4, 0.5) is 5.69 Å². The molecule has 1 aromatic carbocycles. The number of hydrogen-bond donors (Lipinski definition) is 2. The fraction of sp³-hybridized carbons (Fsp3) is 0.562. The summed E-state index contributed by atoms with van der Waals surface area (Å²) in [5.41, 5.74) is 1.02. The molecule has 1 aromatic rings. The van der Waals surface area contributed by atoms with Gasteiger partial charge in [0, 0.05) is 23.1 Å². The molecule has 0 saturated carbocycles. The molecule has 5 rings (SSSR count). The lowest BCUT2D eigenvalue weighted by molar-refractivity contribution is -0.159. The molecule has 2 saturated heterocycles. The molecule has 1 spiro atoms. The predicted octanol–water partition coefficient (Wildman–Crippen LogP) is 2.92. The van der Waals surface area contributed by atoms with Crippen LogP contribution in [0.5, 0.6) is 0 Å². The average Bonchev–Trinajstić information content (AvgIpc) is 3.53. The molecular formula is C32H40BrN3O7. The number of fused-ring (bicyclic) bond motifs is 2. The Morgan fingerprint density at radius 2 is 1.81 bits per heavy atom. The van der Waals surface area contributed by atoms with Crippen molar-refractivity contribution in [1.82, 2.24) is 10.2 Å². The van der Waals surface area contributed by atoms with Crippen LogP contribution in [-0.4, -0.2) is 83.3 Å². The summed E-state index contributed by atoms with van der Waals surface area (Å²) in [6.07, 6.45) is 4.73. The number of rotatable bonds is 4. The first-order valence-electron chi connectivity index (χ1n) is 14.9. The van der Waals surface area contributed by atoms with Gasteiger partial charge in [0.1, 0.15) is 29.8 Å². The largest absolute Gasteiger partial charge is 0.460 e. The van der Waals surface area contributed by atoms with Gasteiger partial charge in [0.25, 0.3) is 5.91 Å². The Morgan fingerprint density at radius 1 is 1.12 bits per heavy atom. The number of nitrogens with one attached hydrogen (secondary N) is 1. The van der Waals surface area contributed by atoms with Crippen LogP contribution < -0.4 is 10.2 Å². The molecule has 4 aliphatic rings. The fourth-order valence-corrected chi connectivity index (χ4v) is 7.77. The number of halogens is 1. The average molecular weight is 659 g/mol. The first-order chi connectivity index (χ1) is 20.4. The van der Waals surface area contributed by atoms with Crippen LogP contribution >= 0.6 is 15.9 Å². The maximum absolute atomic E-state index is 15.0. The summed E-state index contributed by atoms with van der Waals surface area (Å²) in [5.74, 6) is -3.84. The third-order valence-corrected chi connectivity index (χ3v) is 9.74. The van der Waals surface area contributed by atoms with Gasteiger partial charge < -0.3 is 29.7 Å². The SMILES string of the molecule is Cc1cccc(C)c1N1C/C=C\CCC(=O)NC[C@H](C)OC(=O)[C@H]2[C@@H]3O[C@@]4(C=C3Br)[C@@H]2C(=O)N([C@@H](CO)C(C)C)[C@@H]4C1=O. The summed E-state index contributed by atoms with van der Waals surface area (Å²) >= 11 is 3.56. The number of benzene rings is 1. The van der Waals surface area contributed by atoms with Gasteiger partial charge in [-0.15, -0.1) is 0 Å². The third kappa shape index (κ3) is 5.33. The molecule has 4 heterocycles. The number of allylic oxidation sites excluding steroid dienone is 1. The zero-order valence-corrected chi connectivity index (χ0v) is 26.8. The normalized spacial score (nSPS) is 32.9.